The van der Waals surface area contributed by atoms with Gasteiger partial charge >= 0.3 is 0 Å². The monoisotopic (exact) mass is 409 g/mol. The Balaban J connectivity index is 2.07. The number of piperidine rings is 1. The van der Waals surface area contributed by atoms with Crippen LogP contribution in [0.5, 0.6) is 0 Å². The van der Waals surface area contributed by atoms with Crippen LogP contribution in [0.1, 0.15) is 52.5 Å². The number of nitrogens with one attached hydrogen (secondary N) is 1. The average Bonchev–Trinajstić information content (AvgIpc) is 2.68. The standard InChI is InChI=1S/C24H36BN3O2/c1-17(2)10-15-28(20-8-6-19(5)7-9-20)21-11-13-27(14-12-21)23(29)22(16-18(3)4)26-24(25)30/h6-10,18,21-22H,11-16H2,1-5H3,(H,26,30)/t22-/m0/s1. The zero-order chi connectivity index (χ0) is 22.3. The summed E-state index contributed by atoms with van der Waals surface area (Å²) in [5.74, 6) is -0.368. The van der Waals surface area contributed by atoms with Gasteiger partial charge in [0.05, 0.1) is 0 Å². The molecule has 30 heavy (non-hydrogen) atoms. The topological polar surface area (TPSA) is 52.7 Å². The Labute approximate surface area is 183 Å². The largest absolute Gasteiger partial charge is 0.365 e. The second-order valence-electron chi connectivity index (χ2n) is 9.02. The number of benzene rings is 1. The first-order valence-corrected chi connectivity index (χ1v) is 11.0. The lowest BCUT2D eigenvalue weighted by atomic mass is 9.97. The number of anilines is 1. The molecule has 1 atom stereocenters. The van der Waals surface area contributed by atoms with E-state index in [1.54, 1.807) is 0 Å². The molecule has 0 unspecified atom stereocenters. The summed E-state index contributed by atoms with van der Waals surface area (Å²) in [6.45, 7) is 12.7. The van der Waals surface area contributed by atoms with Crippen molar-refractivity contribution in [2.45, 2.75) is 66.0 Å². The van der Waals surface area contributed by atoms with Crippen LogP contribution in [0.3, 0.4) is 0 Å². The highest BCUT2D eigenvalue weighted by atomic mass is 16.2. The van der Waals surface area contributed by atoms with Gasteiger partial charge in [0.25, 0.3) is 0 Å². The molecule has 2 amide bonds. The Bertz CT molecular complexity index is 733. The van der Waals surface area contributed by atoms with Crippen LogP contribution in [-0.2, 0) is 4.79 Å². The van der Waals surface area contributed by atoms with E-state index in [0.29, 0.717) is 31.5 Å². The van der Waals surface area contributed by atoms with Crippen molar-refractivity contribution < 1.29 is 9.59 Å². The van der Waals surface area contributed by atoms with Gasteiger partial charge in [0.1, 0.15) is 6.04 Å². The van der Waals surface area contributed by atoms with Gasteiger partial charge in [0, 0.05) is 31.4 Å². The third kappa shape index (κ3) is 7.23. The maximum Gasteiger partial charge on any atom is 0.245 e. The summed E-state index contributed by atoms with van der Waals surface area (Å²) in [5, 5.41) is 2.64. The van der Waals surface area contributed by atoms with E-state index >= 15 is 0 Å². The van der Waals surface area contributed by atoms with Crippen molar-refractivity contribution in [3.63, 3.8) is 0 Å². The van der Waals surface area contributed by atoms with Crippen molar-refractivity contribution in [3.8, 4) is 0 Å². The SMILES string of the molecule is [B]C(=O)N[C@@H](CC(C)C)C(=O)N1CCC(N(CC=C(C)C)c2ccc(C)cc2)CC1. The molecule has 0 spiro atoms. The van der Waals surface area contributed by atoms with Crippen LogP contribution in [0.4, 0.5) is 10.5 Å². The lowest BCUT2D eigenvalue weighted by Gasteiger charge is -2.40. The zero-order valence-corrected chi connectivity index (χ0v) is 19.1. The van der Waals surface area contributed by atoms with E-state index in [1.165, 1.54) is 16.8 Å². The Morgan fingerprint density at radius 1 is 1.20 bits per heavy atom. The van der Waals surface area contributed by atoms with Crippen LogP contribution in [0.2, 0.25) is 0 Å². The number of nitrogens with zero attached hydrogens (tertiary/aromatic N) is 2. The zero-order valence-electron chi connectivity index (χ0n) is 19.1. The summed E-state index contributed by atoms with van der Waals surface area (Å²) in [7, 11) is 5.30. The molecule has 162 valence electrons. The lowest BCUT2D eigenvalue weighted by Crippen LogP contribution is -2.53. The molecular formula is C24H36BN3O2. The molecule has 0 saturated carbocycles. The van der Waals surface area contributed by atoms with Crippen molar-refractivity contribution in [1.29, 1.82) is 0 Å². The highest BCUT2D eigenvalue weighted by Crippen LogP contribution is 2.25. The number of rotatable bonds is 8. The third-order valence-electron chi connectivity index (χ3n) is 5.60. The van der Waals surface area contributed by atoms with E-state index in [2.05, 4.69) is 61.3 Å². The molecule has 0 bridgehead atoms. The molecule has 5 nitrogen and oxygen atoms in total. The predicted molar refractivity (Wildman–Crippen MR) is 125 cm³/mol. The second-order valence-corrected chi connectivity index (χ2v) is 9.02. The molecule has 1 saturated heterocycles. The summed E-state index contributed by atoms with van der Waals surface area (Å²) in [6, 6.07) is 8.49. The molecule has 1 aliphatic rings. The minimum atomic E-state index is -0.642. The van der Waals surface area contributed by atoms with Gasteiger partial charge in [0.2, 0.25) is 13.8 Å². The molecule has 1 aliphatic heterocycles. The fraction of sp³-hybridized carbons (Fsp3) is 0.583. The molecule has 1 heterocycles. The molecule has 2 rings (SSSR count). The van der Waals surface area contributed by atoms with Gasteiger partial charge in [-0.05, 0) is 58.1 Å². The summed E-state index contributed by atoms with van der Waals surface area (Å²) in [6.07, 6.45) is 4.66. The number of aryl methyl sites for hydroxylation is 1. The van der Waals surface area contributed by atoms with Crippen LogP contribution >= 0.6 is 0 Å². The number of hydrogen-bond donors (Lipinski definition) is 1. The van der Waals surface area contributed by atoms with Gasteiger partial charge < -0.3 is 15.1 Å². The Morgan fingerprint density at radius 3 is 2.30 bits per heavy atom. The quantitative estimate of drug-likeness (QED) is 0.521. The molecular weight excluding hydrogens is 373 g/mol. The summed E-state index contributed by atoms with van der Waals surface area (Å²) in [4.78, 5) is 28.7. The first-order chi connectivity index (χ1) is 14.2. The summed E-state index contributed by atoms with van der Waals surface area (Å²) in [5.41, 5.74) is 3.77. The van der Waals surface area contributed by atoms with Crippen LogP contribution in [0.15, 0.2) is 35.9 Å². The average molecular weight is 409 g/mol. The van der Waals surface area contributed by atoms with E-state index in [9.17, 15) is 9.59 Å². The number of carbonyl (C=O) groups is 2. The molecule has 6 heteroatoms. The molecule has 1 aromatic carbocycles. The van der Waals surface area contributed by atoms with Crippen LogP contribution in [-0.4, -0.2) is 56.2 Å². The van der Waals surface area contributed by atoms with Crippen molar-refractivity contribution in [2.75, 3.05) is 24.5 Å². The first-order valence-electron chi connectivity index (χ1n) is 11.0. The van der Waals surface area contributed by atoms with Crippen molar-refractivity contribution in [2.24, 2.45) is 5.92 Å². The Kier molecular flexibility index (Phi) is 9.00. The highest BCUT2D eigenvalue weighted by molar-refractivity contribution is 6.57. The normalized spacial score (nSPS) is 15.6. The van der Waals surface area contributed by atoms with E-state index in [1.807, 2.05) is 18.7 Å². The van der Waals surface area contributed by atoms with Gasteiger partial charge in [-0.1, -0.05) is 43.2 Å². The van der Waals surface area contributed by atoms with Crippen molar-refractivity contribution in [3.05, 3.63) is 41.5 Å². The molecule has 2 radical (unpaired) electrons. The molecule has 0 aliphatic carbocycles. The van der Waals surface area contributed by atoms with Gasteiger partial charge in [-0.15, -0.1) is 0 Å². The van der Waals surface area contributed by atoms with Crippen molar-refractivity contribution in [1.82, 2.24) is 10.2 Å². The highest BCUT2D eigenvalue weighted by Gasteiger charge is 2.31. The van der Waals surface area contributed by atoms with Crippen molar-refractivity contribution >= 4 is 25.2 Å². The predicted octanol–water partition coefficient (Wildman–Crippen LogP) is 4.05. The summed E-state index contributed by atoms with van der Waals surface area (Å²) < 4.78 is 0. The van der Waals surface area contributed by atoms with Crippen LogP contribution in [0.25, 0.3) is 0 Å². The smallest absolute Gasteiger partial charge is 0.245 e. The van der Waals surface area contributed by atoms with E-state index in [4.69, 9.17) is 7.85 Å². The fourth-order valence-electron chi connectivity index (χ4n) is 3.97. The Hall–Kier alpha value is -2.24. The molecule has 1 aromatic rings. The van der Waals surface area contributed by atoms with E-state index in [-0.39, 0.29) is 5.91 Å². The van der Waals surface area contributed by atoms with Gasteiger partial charge in [0.15, 0.2) is 5.81 Å². The first kappa shape index (κ1) is 24.0. The van der Waals surface area contributed by atoms with Gasteiger partial charge in [-0.3, -0.25) is 9.59 Å². The Morgan fingerprint density at radius 2 is 1.80 bits per heavy atom. The fourth-order valence-corrected chi connectivity index (χ4v) is 3.97. The molecule has 1 N–H and O–H groups in total. The van der Waals surface area contributed by atoms with Crippen LogP contribution < -0.4 is 10.2 Å². The van der Waals surface area contributed by atoms with Gasteiger partial charge in [-0.25, -0.2) is 0 Å². The maximum absolute atomic E-state index is 13.0. The third-order valence-corrected chi connectivity index (χ3v) is 5.60. The lowest BCUT2D eigenvalue weighted by molar-refractivity contribution is -0.134. The number of hydrogen-bond acceptors (Lipinski definition) is 3. The number of allylic oxidation sites excluding steroid dienone is 1. The number of amides is 2. The second kappa shape index (κ2) is 11.2. The minimum absolute atomic E-state index is 0.0212. The molecule has 1 fully saturated rings. The molecule has 0 aromatic heterocycles. The van der Waals surface area contributed by atoms with Crippen LogP contribution in [0, 0.1) is 12.8 Å². The number of likely N-dealkylation sites (tertiary alicyclic amines) is 1. The summed E-state index contributed by atoms with van der Waals surface area (Å²) >= 11 is 0. The number of carbonyl (C=O) groups excluding carboxylic acids is 2. The minimum Gasteiger partial charge on any atom is -0.365 e. The maximum atomic E-state index is 13.0. The van der Waals surface area contributed by atoms with E-state index < -0.39 is 11.8 Å². The van der Waals surface area contributed by atoms with E-state index in [0.717, 1.165) is 19.4 Å². The van der Waals surface area contributed by atoms with Gasteiger partial charge in [-0.2, -0.15) is 0 Å².